The molecule has 0 saturated carbocycles. The van der Waals surface area contributed by atoms with Gasteiger partial charge in [-0.2, -0.15) is 0 Å². The first kappa shape index (κ1) is 15.1. The summed E-state index contributed by atoms with van der Waals surface area (Å²) in [6, 6.07) is 18.9. The normalized spacial score (nSPS) is 22.5. The van der Waals surface area contributed by atoms with E-state index in [0.29, 0.717) is 0 Å². The van der Waals surface area contributed by atoms with E-state index in [1.807, 2.05) is 6.07 Å². The molecule has 0 amide bonds. The van der Waals surface area contributed by atoms with Crippen LogP contribution in [0.1, 0.15) is 17.5 Å². The summed E-state index contributed by atoms with van der Waals surface area (Å²) in [6.45, 7) is 4.73. The fourth-order valence-electron chi connectivity index (χ4n) is 3.01. The number of nitrogens with zero attached hydrogens (tertiary/aromatic N) is 1. The quantitative estimate of drug-likeness (QED) is 0.910. The summed E-state index contributed by atoms with van der Waals surface area (Å²) in [4.78, 5) is 2.33. The van der Waals surface area contributed by atoms with Crippen LogP contribution < -0.4 is 5.32 Å². The minimum atomic E-state index is -0.334. The van der Waals surface area contributed by atoms with Crippen molar-refractivity contribution in [2.75, 3.05) is 18.4 Å². The van der Waals surface area contributed by atoms with Crippen molar-refractivity contribution in [1.29, 1.82) is 0 Å². The van der Waals surface area contributed by atoms with Crippen molar-refractivity contribution in [1.82, 2.24) is 4.90 Å². The highest BCUT2D eigenvalue weighted by atomic mass is 16.3. The Labute approximate surface area is 132 Å². The second kappa shape index (κ2) is 6.95. The van der Waals surface area contributed by atoms with Crippen LogP contribution in [0.4, 0.5) is 5.69 Å². The predicted octanol–water partition coefficient (Wildman–Crippen LogP) is 3.04. The fourth-order valence-corrected chi connectivity index (χ4v) is 3.01. The van der Waals surface area contributed by atoms with Crippen molar-refractivity contribution < 1.29 is 5.11 Å². The van der Waals surface area contributed by atoms with Crippen molar-refractivity contribution in [2.45, 2.75) is 32.0 Å². The highest BCUT2D eigenvalue weighted by Gasteiger charge is 2.27. The van der Waals surface area contributed by atoms with Crippen LogP contribution in [0.3, 0.4) is 0 Å². The monoisotopic (exact) mass is 296 g/mol. The van der Waals surface area contributed by atoms with Gasteiger partial charge in [0, 0.05) is 25.3 Å². The first-order valence-electron chi connectivity index (χ1n) is 7.98. The Morgan fingerprint density at radius 2 is 1.82 bits per heavy atom. The highest BCUT2D eigenvalue weighted by molar-refractivity contribution is 5.45. The maximum atomic E-state index is 10.4. The van der Waals surface area contributed by atoms with Crippen molar-refractivity contribution in [3.8, 4) is 0 Å². The van der Waals surface area contributed by atoms with Gasteiger partial charge in [0.05, 0.1) is 12.1 Å². The average molecular weight is 296 g/mol. The summed E-state index contributed by atoms with van der Waals surface area (Å²) < 4.78 is 0. The molecule has 3 heteroatoms. The number of aliphatic hydroxyl groups excluding tert-OH is 1. The minimum absolute atomic E-state index is 0.134. The number of aryl methyl sites for hydroxylation is 1. The Bertz CT molecular complexity index is 582. The average Bonchev–Trinajstić information content (AvgIpc) is 2.53. The van der Waals surface area contributed by atoms with Crippen LogP contribution in [0, 0.1) is 6.92 Å². The molecule has 0 bridgehead atoms. The van der Waals surface area contributed by atoms with E-state index < -0.39 is 0 Å². The molecule has 1 aliphatic heterocycles. The van der Waals surface area contributed by atoms with Crippen LogP contribution in [0.15, 0.2) is 54.6 Å². The number of piperidine rings is 1. The number of nitrogens with one attached hydrogen (secondary N) is 1. The molecule has 116 valence electrons. The molecule has 0 aliphatic carbocycles. The predicted molar refractivity (Wildman–Crippen MR) is 90.9 cm³/mol. The third kappa shape index (κ3) is 3.87. The van der Waals surface area contributed by atoms with Crippen molar-refractivity contribution in [3.63, 3.8) is 0 Å². The summed E-state index contributed by atoms with van der Waals surface area (Å²) in [5.74, 6) is 0. The highest BCUT2D eigenvalue weighted by Crippen LogP contribution is 2.19. The number of hydrogen-bond donors (Lipinski definition) is 2. The van der Waals surface area contributed by atoms with Crippen LogP contribution in [-0.2, 0) is 6.54 Å². The zero-order valence-corrected chi connectivity index (χ0v) is 13.1. The zero-order chi connectivity index (χ0) is 15.4. The number of rotatable bonds is 4. The largest absolute Gasteiger partial charge is 0.390 e. The van der Waals surface area contributed by atoms with Gasteiger partial charge < -0.3 is 10.4 Å². The van der Waals surface area contributed by atoms with Gasteiger partial charge in [-0.3, -0.25) is 4.90 Å². The Balaban J connectivity index is 1.54. The number of likely N-dealkylation sites (tertiary alicyclic amines) is 1. The summed E-state index contributed by atoms with van der Waals surface area (Å²) in [6.07, 6.45) is 0.626. The number of anilines is 1. The molecule has 3 rings (SSSR count). The molecule has 2 atom stereocenters. The fraction of sp³-hybridized carbons (Fsp3) is 0.368. The van der Waals surface area contributed by atoms with Gasteiger partial charge in [-0.15, -0.1) is 0 Å². The van der Waals surface area contributed by atoms with Crippen LogP contribution >= 0.6 is 0 Å². The van der Waals surface area contributed by atoms with Gasteiger partial charge >= 0.3 is 0 Å². The van der Waals surface area contributed by atoms with Crippen molar-refractivity contribution in [3.05, 3.63) is 65.7 Å². The minimum Gasteiger partial charge on any atom is -0.390 e. The molecule has 0 radical (unpaired) electrons. The number of benzene rings is 2. The lowest BCUT2D eigenvalue weighted by atomic mass is 10.0. The Hall–Kier alpha value is -1.84. The molecule has 1 aliphatic rings. The first-order valence-corrected chi connectivity index (χ1v) is 7.98. The van der Waals surface area contributed by atoms with Crippen LogP contribution in [0.2, 0.25) is 0 Å². The third-order valence-electron chi connectivity index (χ3n) is 4.32. The van der Waals surface area contributed by atoms with Gasteiger partial charge in [0.25, 0.3) is 0 Å². The molecule has 22 heavy (non-hydrogen) atoms. The lowest BCUT2D eigenvalue weighted by Crippen LogP contribution is -2.49. The van der Waals surface area contributed by atoms with E-state index in [9.17, 15) is 5.11 Å². The maximum absolute atomic E-state index is 10.4. The molecule has 2 N–H and O–H groups in total. The molecule has 1 saturated heterocycles. The number of aliphatic hydroxyl groups is 1. The number of hydrogen-bond acceptors (Lipinski definition) is 3. The second-order valence-corrected chi connectivity index (χ2v) is 6.19. The Kier molecular flexibility index (Phi) is 4.76. The summed E-state index contributed by atoms with van der Waals surface area (Å²) >= 11 is 0. The topological polar surface area (TPSA) is 35.5 Å². The molecule has 2 aromatic carbocycles. The molecule has 3 nitrogen and oxygen atoms in total. The van der Waals surface area contributed by atoms with E-state index in [4.69, 9.17) is 0 Å². The SMILES string of the molecule is Cc1ccc(N[C@@H]2CCN(Cc3ccccc3)C[C@H]2O)cc1. The van der Waals surface area contributed by atoms with Crippen LogP contribution in [-0.4, -0.2) is 35.2 Å². The smallest absolute Gasteiger partial charge is 0.0868 e. The van der Waals surface area contributed by atoms with Crippen LogP contribution in [0.5, 0.6) is 0 Å². The lowest BCUT2D eigenvalue weighted by Gasteiger charge is -2.36. The molecular weight excluding hydrogens is 272 g/mol. The van der Waals surface area contributed by atoms with E-state index in [-0.39, 0.29) is 12.1 Å². The molecule has 0 unspecified atom stereocenters. The van der Waals surface area contributed by atoms with Crippen molar-refractivity contribution >= 4 is 5.69 Å². The second-order valence-electron chi connectivity index (χ2n) is 6.19. The van der Waals surface area contributed by atoms with Gasteiger partial charge in [-0.05, 0) is 31.0 Å². The van der Waals surface area contributed by atoms with E-state index >= 15 is 0 Å². The Morgan fingerprint density at radius 1 is 1.09 bits per heavy atom. The summed E-state index contributed by atoms with van der Waals surface area (Å²) in [7, 11) is 0. The first-order chi connectivity index (χ1) is 10.7. The molecular formula is C19H24N2O. The lowest BCUT2D eigenvalue weighted by molar-refractivity contribution is 0.0562. The van der Waals surface area contributed by atoms with Gasteiger partial charge in [0.1, 0.15) is 0 Å². The summed E-state index contributed by atoms with van der Waals surface area (Å²) in [5, 5.41) is 13.9. The number of β-amino-alcohol motifs (C(OH)–C–C–N with tert-alkyl or cyclic N) is 1. The van der Waals surface area contributed by atoms with E-state index in [1.54, 1.807) is 0 Å². The van der Waals surface area contributed by atoms with Gasteiger partial charge in [-0.1, -0.05) is 48.0 Å². The van der Waals surface area contributed by atoms with Crippen LogP contribution in [0.25, 0.3) is 0 Å². The van der Waals surface area contributed by atoms with E-state index in [2.05, 4.69) is 65.7 Å². The molecule has 1 heterocycles. The standard InChI is InChI=1S/C19H24N2O/c1-15-7-9-17(10-8-15)20-18-11-12-21(14-19(18)22)13-16-5-3-2-4-6-16/h2-10,18-20,22H,11-14H2,1H3/t18-,19-/m1/s1. The maximum Gasteiger partial charge on any atom is 0.0868 e. The molecule has 0 aromatic heterocycles. The summed E-state index contributed by atoms with van der Waals surface area (Å²) in [5.41, 5.74) is 3.65. The van der Waals surface area contributed by atoms with Gasteiger partial charge in [-0.25, -0.2) is 0 Å². The Morgan fingerprint density at radius 3 is 2.50 bits per heavy atom. The van der Waals surface area contributed by atoms with E-state index in [1.165, 1.54) is 11.1 Å². The van der Waals surface area contributed by atoms with Gasteiger partial charge in [0.15, 0.2) is 0 Å². The van der Waals surface area contributed by atoms with Crippen molar-refractivity contribution in [2.24, 2.45) is 0 Å². The zero-order valence-electron chi connectivity index (χ0n) is 13.1. The van der Waals surface area contributed by atoms with E-state index in [0.717, 1.165) is 31.7 Å². The molecule has 1 fully saturated rings. The molecule has 0 spiro atoms. The molecule has 2 aromatic rings. The third-order valence-corrected chi connectivity index (χ3v) is 4.32. The van der Waals surface area contributed by atoms with Gasteiger partial charge in [0.2, 0.25) is 0 Å².